The zero-order valence-electron chi connectivity index (χ0n) is 20.2. The van der Waals surface area contributed by atoms with Gasteiger partial charge in [0, 0.05) is 12.4 Å². The van der Waals surface area contributed by atoms with Crippen LogP contribution in [-0.4, -0.2) is 66.9 Å². The van der Waals surface area contributed by atoms with Gasteiger partial charge in [0.25, 0.3) is 5.91 Å². The van der Waals surface area contributed by atoms with Crippen molar-refractivity contribution in [1.29, 1.82) is 5.26 Å². The summed E-state index contributed by atoms with van der Waals surface area (Å²) in [7, 11) is 0. The molecule has 0 saturated carbocycles. The quantitative estimate of drug-likeness (QED) is 0.332. The number of amides is 1. The van der Waals surface area contributed by atoms with Gasteiger partial charge in [-0.25, -0.2) is 8.91 Å². The Kier molecular flexibility index (Phi) is 6.32. The largest absolute Gasteiger partial charge is 0.387 e. The minimum atomic E-state index is -1.65. The van der Waals surface area contributed by atoms with E-state index >= 15 is 0 Å². The van der Waals surface area contributed by atoms with Crippen molar-refractivity contribution < 1.29 is 19.0 Å². The van der Waals surface area contributed by atoms with E-state index in [9.17, 15) is 14.3 Å². The lowest BCUT2D eigenvalue weighted by Gasteiger charge is -2.25. The van der Waals surface area contributed by atoms with Crippen LogP contribution < -0.4 is 10.6 Å². The first-order valence-corrected chi connectivity index (χ1v) is 11.6. The Labute approximate surface area is 211 Å². The molecule has 1 aliphatic heterocycles. The maximum atomic E-state index is 14.3. The van der Waals surface area contributed by atoms with Crippen molar-refractivity contribution in [1.82, 2.24) is 29.7 Å². The molecule has 190 valence electrons. The van der Waals surface area contributed by atoms with Crippen molar-refractivity contribution in [2.24, 2.45) is 0 Å². The van der Waals surface area contributed by atoms with Crippen LogP contribution in [0.3, 0.4) is 0 Å². The lowest BCUT2D eigenvalue weighted by Crippen LogP contribution is -2.42. The number of alkyl halides is 1. The molecule has 11 nitrogen and oxygen atoms in total. The Morgan fingerprint density at radius 1 is 1.30 bits per heavy atom. The highest BCUT2D eigenvalue weighted by atomic mass is 19.1. The summed E-state index contributed by atoms with van der Waals surface area (Å²) in [5.74, 6) is -0.551. The average molecular weight is 505 g/mol. The molecule has 5 rings (SSSR count). The van der Waals surface area contributed by atoms with Crippen molar-refractivity contribution >= 4 is 22.8 Å². The monoisotopic (exact) mass is 504 g/mol. The first-order chi connectivity index (χ1) is 17.7. The van der Waals surface area contributed by atoms with E-state index in [1.165, 1.54) is 26.2 Å². The highest BCUT2D eigenvalue weighted by Crippen LogP contribution is 2.28. The number of fused-ring (bicyclic) bond motifs is 1. The Hall–Kier alpha value is -4.34. The number of halogens is 1. The molecule has 0 spiro atoms. The first kappa shape index (κ1) is 24.4. The third kappa shape index (κ3) is 5.00. The van der Waals surface area contributed by atoms with E-state index in [-0.39, 0.29) is 18.2 Å². The minimum absolute atomic E-state index is 0.158. The number of aromatic nitrogens is 5. The van der Waals surface area contributed by atoms with Gasteiger partial charge >= 0.3 is 0 Å². The fourth-order valence-electron chi connectivity index (χ4n) is 3.80. The molecule has 1 amide bonds. The molecule has 12 heteroatoms. The zero-order valence-corrected chi connectivity index (χ0v) is 20.2. The van der Waals surface area contributed by atoms with Crippen LogP contribution >= 0.6 is 0 Å². The van der Waals surface area contributed by atoms with Gasteiger partial charge in [-0.3, -0.25) is 14.5 Å². The van der Waals surface area contributed by atoms with Crippen molar-refractivity contribution in [2.75, 3.05) is 25.1 Å². The standard InChI is InChI=1S/C25H25FN8O3/c1-25(2,36)23(26)11-29-24(35)19-10-28-21(22-4-3-17-5-15(7-27)8-31-34(17)22)6-20(19)32-16-9-30-33(12-16)18-13-37-14-18/h3-6,8-10,12,18,23,36H,11,13-14H2,1-2H3,(H,28,32)(H,29,35)/t23-/m1/s1. The smallest absolute Gasteiger partial charge is 0.255 e. The molecule has 1 aliphatic rings. The molecule has 0 bridgehead atoms. The second-order valence-electron chi connectivity index (χ2n) is 9.38. The highest BCUT2D eigenvalue weighted by molar-refractivity contribution is 6.00. The molecule has 37 heavy (non-hydrogen) atoms. The molecule has 0 aliphatic carbocycles. The molecule has 4 aromatic heterocycles. The van der Waals surface area contributed by atoms with Crippen molar-refractivity contribution in [3.8, 4) is 17.5 Å². The molecular weight excluding hydrogens is 479 g/mol. The molecule has 1 saturated heterocycles. The van der Waals surface area contributed by atoms with Gasteiger partial charge in [-0.1, -0.05) is 0 Å². The van der Waals surface area contributed by atoms with Crippen LogP contribution in [-0.2, 0) is 4.74 Å². The predicted molar refractivity (Wildman–Crippen MR) is 132 cm³/mol. The van der Waals surface area contributed by atoms with E-state index in [2.05, 4.69) is 31.9 Å². The van der Waals surface area contributed by atoms with Gasteiger partial charge in [0.05, 0.1) is 83.2 Å². The van der Waals surface area contributed by atoms with Gasteiger partial charge in [-0.15, -0.1) is 0 Å². The summed E-state index contributed by atoms with van der Waals surface area (Å²) < 4.78 is 22.9. The van der Waals surface area contributed by atoms with E-state index in [0.29, 0.717) is 41.5 Å². The normalized spacial score (nSPS) is 14.7. The Bertz CT molecular complexity index is 1500. The number of hydrogen-bond acceptors (Lipinski definition) is 8. The van der Waals surface area contributed by atoms with Crippen molar-refractivity contribution in [3.05, 3.63) is 60.2 Å². The van der Waals surface area contributed by atoms with Crippen molar-refractivity contribution in [2.45, 2.75) is 31.7 Å². The number of pyridine rings is 1. The van der Waals surface area contributed by atoms with E-state index < -0.39 is 17.7 Å². The zero-order chi connectivity index (χ0) is 26.2. The molecule has 1 fully saturated rings. The number of nitrogens with zero attached hydrogens (tertiary/aromatic N) is 6. The van der Waals surface area contributed by atoms with Gasteiger partial charge in [-0.2, -0.15) is 15.5 Å². The maximum absolute atomic E-state index is 14.3. The van der Waals surface area contributed by atoms with Gasteiger partial charge < -0.3 is 20.5 Å². The van der Waals surface area contributed by atoms with Gasteiger partial charge in [0.15, 0.2) is 0 Å². The van der Waals surface area contributed by atoms with Crippen molar-refractivity contribution in [3.63, 3.8) is 0 Å². The number of anilines is 2. The summed E-state index contributed by atoms with van der Waals surface area (Å²) in [6, 6.07) is 9.28. The third-order valence-electron chi connectivity index (χ3n) is 6.12. The second-order valence-corrected chi connectivity index (χ2v) is 9.38. The molecule has 0 radical (unpaired) electrons. The Morgan fingerprint density at radius 2 is 2.11 bits per heavy atom. The molecule has 3 N–H and O–H groups in total. The van der Waals surface area contributed by atoms with Crippen LogP contribution in [0.4, 0.5) is 15.8 Å². The van der Waals surface area contributed by atoms with Crippen LogP contribution in [0.1, 0.15) is 35.8 Å². The Morgan fingerprint density at radius 3 is 2.81 bits per heavy atom. The van der Waals surface area contributed by atoms with Crippen LogP contribution in [0.2, 0.25) is 0 Å². The number of rotatable bonds is 8. The topological polar surface area (TPSA) is 142 Å². The van der Waals surface area contributed by atoms with E-state index in [4.69, 9.17) is 10.00 Å². The van der Waals surface area contributed by atoms with Crippen LogP contribution in [0, 0.1) is 11.3 Å². The number of carbonyl (C=O) groups excluding carboxylic acids is 1. The molecular formula is C25H25FN8O3. The van der Waals surface area contributed by atoms with E-state index in [1.54, 1.807) is 27.5 Å². The number of nitrogens with one attached hydrogen (secondary N) is 2. The van der Waals surface area contributed by atoms with Gasteiger partial charge in [-0.05, 0) is 38.1 Å². The summed E-state index contributed by atoms with van der Waals surface area (Å²) in [6.07, 6.45) is 4.67. The van der Waals surface area contributed by atoms with Crippen LogP contribution in [0.25, 0.3) is 16.9 Å². The predicted octanol–water partition coefficient (Wildman–Crippen LogP) is 2.62. The lowest BCUT2D eigenvalue weighted by molar-refractivity contribution is -0.0286. The summed E-state index contributed by atoms with van der Waals surface area (Å²) in [6.45, 7) is 3.49. The SMILES string of the molecule is CC(C)(O)[C@H](F)CNC(=O)c1cnc(-c2ccc3cc(C#N)cnn23)cc1Nc1cnn(C2COC2)c1. The second kappa shape index (κ2) is 9.61. The summed E-state index contributed by atoms with van der Waals surface area (Å²) in [5, 5.41) is 33.5. The number of nitriles is 1. The minimum Gasteiger partial charge on any atom is -0.387 e. The average Bonchev–Trinajstić information content (AvgIpc) is 3.47. The first-order valence-electron chi connectivity index (χ1n) is 11.6. The van der Waals surface area contributed by atoms with E-state index in [0.717, 1.165) is 5.52 Å². The summed E-state index contributed by atoms with van der Waals surface area (Å²) in [4.78, 5) is 17.5. The number of ether oxygens (including phenoxy) is 1. The maximum Gasteiger partial charge on any atom is 0.255 e. The van der Waals surface area contributed by atoms with Gasteiger partial charge in [0.1, 0.15) is 12.2 Å². The van der Waals surface area contributed by atoms with Gasteiger partial charge in [0.2, 0.25) is 0 Å². The fourth-order valence-corrected chi connectivity index (χ4v) is 3.80. The van der Waals surface area contributed by atoms with Crippen LogP contribution in [0.15, 0.2) is 49.1 Å². The van der Waals surface area contributed by atoms with Crippen LogP contribution in [0.5, 0.6) is 0 Å². The molecule has 0 aromatic carbocycles. The van der Waals surface area contributed by atoms with E-state index in [1.807, 2.05) is 18.3 Å². The fraction of sp³-hybridized carbons (Fsp3) is 0.320. The summed E-state index contributed by atoms with van der Waals surface area (Å²) >= 11 is 0. The number of carbonyl (C=O) groups is 1. The number of aliphatic hydroxyl groups is 1. The molecule has 0 unspecified atom stereocenters. The Balaban J connectivity index is 1.48. The molecule has 5 heterocycles. The third-order valence-corrected chi connectivity index (χ3v) is 6.12. The summed E-state index contributed by atoms with van der Waals surface area (Å²) in [5.41, 5.74) is 2.00. The molecule has 1 atom stereocenters. The molecule has 4 aromatic rings. The lowest BCUT2D eigenvalue weighted by atomic mass is 10.0. The number of hydrogen-bond donors (Lipinski definition) is 3. The highest BCUT2D eigenvalue weighted by Gasteiger charge is 2.27.